The lowest BCUT2D eigenvalue weighted by molar-refractivity contribution is -0.0245. The monoisotopic (exact) mass is 342 g/mol. The summed E-state index contributed by atoms with van der Waals surface area (Å²) in [6.45, 7) is 1.95. The van der Waals surface area contributed by atoms with Crippen LogP contribution in [0.2, 0.25) is 0 Å². The highest BCUT2D eigenvalue weighted by Gasteiger charge is 2.28. The Kier molecular flexibility index (Phi) is 5.57. The lowest BCUT2D eigenvalue weighted by atomic mass is 10.1. The van der Waals surface area contributed by atoms with Gasteiger partial charge >= 0.3 is 0 Å². The molecule has 0 spiro atoms. The third-order valence-corrected chi connectivity index (χ3v) is 4.11. The van der Waals surface area contributed by atoms with Crippen molar-refractivity contribution in [2.24, 2.45) is 0 Å². The summed E-state index contributed by atoms with van der Waals surface area (Å²) in [5.74, 6) is 0.657. The Morgan fingerprint density at radius 1 is 1.40 bits per heavy atom. The first kappa shape index (κ1) is 17.3. The van der Waals surface area contributed by atoms with Crippen molar-refractivity contribution in [2.45, 2.75) is 12.7 Å². The summed E-state index contributed by atoms with van der Waals surface area (Å²) in [6.07, 6.45) is 2.97. The molecule has 2 heterocycles. The van der Waals surface area contributed by atoms with E-state index in [1.807, 2.05) is 24.3 Å². The van der Waals surface area contributed by atoms with Crippen LogP contribution in [0.5, 0.6) is 0 Å². The van der Waals surface area contributed by atoms with Crippen LogP contribution in [0.3, 0.4) is 0 Å². The summed E-state index contributed by atoms with van der Waals surface area (Å²) in [5, 5.41) is 3.02. The predicted molar refractivity (Wildman–Crippen MR) is 93.3 cm³/mol. The summed E-state index contributed by atoms with van der Waals surface area (Å²) in [7, 11) is 3.43. The smallest absolute Gasteiger partial charge is 0.254 e. The second-order valence-corrected chi connectivity index (χ2v) is 5.78. The minimum Gasteiger partial charge on any atom is -0.380 e. The number of hydrogen-bond acceptors (Lipinski definition) is 6. The van der Waals surface area contributed by atoms with Crippen molar-refractivity contribution in [1.82, 2.24) is 14.9 Å². The van der Waals surface area contributed by atoms with Crippen LogP contribution in [-0.4, -0.2) is 54.6 Å². The van der Waals surface area contributed by atoms with E-state index >= 15 is 0 Å². The van der Waals surface area contributed by atoms with Gasteiger partial charge in [-0.05, 0) is 17.7 Å². The van der Waals surface area contributed by atoms with Crippen LogP contribution in [0.15, 0.2) is 36.7 Å². The van der Waals surface area contributed by atoms with Crippen molar-refractivity contribution in [3.8, 4) is 0 Å². The van der Waals surface area contributed by atoms with Gasteiger partial charge in [0.1, 0.15) is 17.6 Å². The maximum atomic E-state index is 12.9. The summed E-state index contributed by atoms with van der Waals surface area (Å²) >= 11 is 0. The first-order valence-corrected chi connectivity index (χ1v) is 8.20. The number of anilines is 1. The van der Waals surface area contributed by atoms with Gasteiger partial charge in [0.15, 0.2) is 0 Å². The summed E-state index contributed by atoms with van der Waals surface area (Å²) < 4.78 is 11.0. The zero-order chi connectivity index (χ0) is 17.6. The molecule has 25 heavy (non-hydrogen) atoms. The summed E-state index contributed by atoms with van der Waals surface area (Å²) in [5.41, 5.74) is 2.35. The Hall–Kier alpha value is -2.51. The summed E-state index contributed by atoms with van der Waals surface area (Å²) in [6, 6.07) is 7.52. The van der Waals surface area contributed by atoms with Crippen molar-refractivity contribution in [3.63, 3.8) is 0 Å². The Bertz CT molecular complexity index is 738. The lowest BCUT2D eigenvalue weighted by Gasteiger charge is -2.33. The predicted octanol–water partition coefficient (Wildman–Crippen LogP) is 1.88. The number of rotatable bonds is 5. The maximum Gasteiger partial charge on any atom is 0.254 e. The van der Waals surface area contributed by atoms with E-state index in [0.717, 1.165) is 11.3 Å². The Morgan fingerprint density at radius 3 is 3.04 bits per heavy atom. The lowest BCUT2D eigenvalue weighted by Crippen LogP contribution is -2.42. The van der Waals surface area contributed by atoms with E-state index < -0.39 is 0 Å². The van der Waals surface area contributed by atoms with Crippen LogP contribution in [0.25, 0.3) is 0 Å². The topological polar surface area (TPSA) is 76.6 Å². The van der Waals surface area contributed by atoms with Gasteiger partial charge in [0.05, 0.1) is 19.8 Å². The second-order valence-electron chi connectivity index (χ2n) is 5.78. The molecule has 7 heteroatoms. The van der Waals surface area contributed by atoms with Gasteiger partial charge in [-0.3, -0.25) is 9.78 Å². The molecule has 1 saturated heterocycles. The highest BCUT2D eigenvalue weighted by atomic mass is 16.5. The summed E-state index contributed by atoms with van der Waals surface area (Å²) in [4.78, 5) is 23.3. The molecule has 1 aliphatic heterocycles. The van der Waals surface area contributed by atoms with Crippen molar-refractivity contribution >= 4 is 11.7 Å². The van der Waals surface area contributed by atoms with E-state index in [1.165, 1.54) is 0 Å². The van der Waals surface area contributed by atoms with Crippen molar-refractivity contribution < 1.29 is 14.3 Å². The number of morpholine rings is 1. The molecule has 1 aromatic carbocycles. The fourth-order valence-corrected chi connectivity index (χ4v) is 2.92. The van der Waals surface area contributed by atoms with Crippen LogP contribution < -0.4 is 5.32 Å². The minimum atomic E-state index is -0.295. The van der Waals surface area contributed by atoms with Crippen LogP contribution in [-0.2, 0) is 16.1 Å². The molecule has 1 amide bonds. The number of amides is 1. The largest absolute Gasteiger partial charge is 0.380 e. The average molecular weight is 342 g/mol. The molecule has 1 atom stereocenters. The van der Waals surface area contributed by atoms with E-state index in [-0.39, 0.29) is 12.0 Å². The van der Waals surface area contributed by atoms with Gasteiger partial charge in [0.2, 0.25) is 0 Å². The number of carbonyl (C=O) groups is 1. The van der Waals surface area contributed by atoms with E-state index in [0.29, 0.717) is 37.7 Å². The third-order valence-electron chi connectivity index (χ3n) is 4.11. The third kappa shape index (κ3) is 3.94. The normalized spacial score (nSPS) is 17.4. The molecule has 0 bridgehead atoms. The minimum absolute atomic E-state index is 0.0128. The second kappa shape index (κ2) is 8.04. The molecule has 1 N–H and O–H groups in total. The maximum absolute atomic E-state index is 12.9. The van der Waals surface area contributed by atoms with Gasteiger partial charge in [-0.1, -0.05) is 12.1 Å². The molecule has 2 aromatic rings. The molecule has 1 aliphatic rings. The van der Waals surface area contributed by atoms with Gasteiger partial charge in [-0.25, -0.2) is 4.98 Å². The molecular weight excluding hydrogens is 320 g/mol. The molecule has 3 rings (SSSR count). The van der Waals surface area contributed by atoms with Crippen LogP contribution >= 0.6 is 0 Å². The van der Waals surface area contributed by atoms with Crippen molar-refractivity contribution in [2.75, 3.05) is 39.2 Å². The number of benzene rings is 1. The van der Waals surface area contributed by atoms with Crippen LogP contribution in [0.4, 0.5) is 5.82 Å². The molecule has 7 nitrogen and oxygen atoms in total. The standard InChI is InChI=1S/C18H22N4O3/c1-19-17-16(20-6-7-21-17)15-11-22(8-9-25-15)18(23)14-5-3-4-13(10-14)12-24-2/h3-7,10,15H,8-9,11-12H2,1-2H3,(H,19,21)/t15-/m1/s1. The first-order valence-electron chi connectivity index (χ1n) is 8.20. The highest BCUT2D eigenvalue weighted by molar-refractivity contribution is 5.94. The number of carbonyl (C=O) groups excluding carboxylic acids is 1. The Labute approximate surface area is 147 Å². The number of methoxy groups -OCH3 is 1. The SMILES string of the molecule is CNc1nccnc1[C@H]1CN(C(=O)c2cccc(COC)c2)CCO1. The quantitative estimate of drug-likeness (QED) is 0.894. The number of nitrogens with one attached hydrogen (secondary N) is 1. The van der Waals surface area contributed by atoms with Gasteiger partial charge in [0, 0.05) is 38.7 Å². The number of aromatic nitrogens is 2. The molecule has 0 unspecified atom stereocenters. The fourth-order valence-electron chi connectivity index (χ4n) is 2.92. The highest BCUT2D eigenvalue weighted by Crippen LogP contribution is 2.26. The van der Waals surface area contributed by atoms with E-state index in [2.05, 4.69) is 15.3 Å². The van der Waals surface area contributed by atoms with Gasteiger partial charge in [0.25, 0.3) is 5.91 Å². The molecule has 0 radical (unpaired) electrons. The number of hydrogen-bond donors (Lipinski definition) is 1. The number of ether oxygens (including phenoxy) is 2. The van der Waals surface area contributed by atoms with Gasteiger partial charge in [-0.2, -0.15) is 0 Å². The Morgan fingerprint density at radius 2 is 2.24 bits per heavy atom. The van der Waals surface area contributed by atoms with E-state index in [9.17, 15) is 4.79 Å². The van der Waals surface area contributed by atoms with E-state index in [1.54, 1.807) is 31.5 Å². The zero-order valence-electron chi connectivity index (χ0n) is 14.4. The van der Waals surface area contributed by atoms with Crippen LogP contribution in [0, 0.1) is 0 Å². The van der Waals surface area contributed by atoms with Gasteiger partial charge in [-0.15, -0.1) is 0 Å². The molecular formula is C18H22N4O3. The molecule has 1 fully saturated rings. The van der Waals surface area contributed by atoms with E-state index in [4.69, 9.17) is 9.47 Å². The molecule has 1 aromatic heterocycles. The first-order chi connectivity index (χ1) is 12.2. The zero-order valence-corrected chi connectivity index (χ0v) is 14.4. The molecule has 0 saturated carbocycles. The van der Waals surface area contributed by atoms with Gasteiger partial charge < -0.3 is 19.7 Å². The van der Waals surface area contributed by atoms with Crippen LogP contribution in [0.1, 0.15) is 27.7 Å². The van der Waals surface area contributed by atoms with Crippen molar-refractivity contribution in [3.05, 3.63) is 53.5 Å². The Balaban J connectivity index is 1.77. The molecule has 0 aliphatic carbocycles. The number of nitrogens with zero attached hydrogens (tertiary/aromatic N) is 3. The van der Waals surface area contributed by atoms with Crippen molar-refractivity contribution in [1.29, 1.82) is 0 Å². The fraction of sp³-hybridized carbons (Fsp3) is 0.389. The average Bonchev–Trinajstić information content (AvgIpc) is 2.68. The molecule has 132 valence electrons.